The summed E-state index contributed by atoms with van der Waals surface area (Å²) in [5, 5.41) is 0. The van der Waals surface area contributed by atoms with E-state index in [0.29, 0.717) is 12.5 Å². The van der Waals surface area contributed by atoms with Gasteiger partial charge < -0.3 is 0 Å². The monoisotopic (exact) mass is 307 g/mol. The van der Waals surface area contributed by atoms with E-state index in [0.717, 1.165) is 12.8 Å². The molecule has 0 amide bonds. The number of benzene rings is 1. The predicted octanol–water partition coefficient (Wildman–Crippen LogP) is 3.81. The fourth-order valence-corrected chi connectivity index (χ4v) is 2.08. The number of hydrogen-bond donors (Lipinski definition) is 1. The molecule has 0 spiro atoms. The van der Waals surface area contributed by atoms with Crippen molar-refractivity contribution in [3.8, 4) is 0 Å². The smallest absolute Gasteiger partial charge is 0.0894 e. The quantitative estimate of drug-likeness (QED) is 0.479. The number of nitrogens with one attached hydrogen (secondary N) is 1. The summed E-state index contributed by atoms with van der Waals surface area (Å²) >= 11 is 2.16. The average Bonchev–Trinajstić information content (AvgIpc) is 2.26. The van der Waals surface area contributed by atoms with Gasteiger partial charge in [0.2, 0.25) is 0 Å². The summed E-state index contributed by atoms with van der Waals surface area (Å²) in [6, 6.07) is 10.6. The van der Waals surface area contributed by atoms with Crippen LogP contribution in [0.3, 0.4) is 0 Å². The maximum atomic E-state index is 11.9. The lowest BCUT2D eigenvalue weighted by Gasteiger charge is -2.14. The lowest BCUT2D eigenvalue weighted by molar-refractivity contribution is 0.443. The van der Waals surface area contributed by atoms with Crippen molar-refractivity contribution >= 4 is 22.9 Å². The fourth-order valence-electron chi connectivity index (χ4n) is 1.41. The summed E-state index contributed by atoms with van der Waals surface area (Å²) in [6.45, 7) is -0.206. The van der Waals surface area contributed by atoms with Crippen LogP contribution in [0.15, 0.2) is 30.3 Å². The van der Waals surface area contributed by atoms with E-state index in [1.807, 2.05) is 18.2 Å². The van der Waals surface area contributed by atoms with E-state index in [1.165, 1.54) is 5.56 Å². The molecule has 0 aromatic heterocycles. The zero-order chi connectivity index (χ0) is 10.2. The van der Waals surface area contributed by atoms with Crippen LogP contribution in [-0.2, 0) is 0 Å². The Morgan fingerprint density at radius 1 is 1.21 bits per heavy atom. The first-order chi connectivity index (χ1) is 6.88. The van der Waals surface area contributed by atoms with Crippen LogP contribution in [0.25, 0.3) is 0 Å². The molecule has 0 fully saturated rings. The maximum absolute atomic E-state index is 11.9. The van der Waals surface area contributed by atoms with Crippen molar-refractivity contribution < 1.29 is 4.39 Å². The highest BCUT2D eigenvalue weighted by atomic mass is 127. The third-order valence-electron chi connectivity index (χ3n) is 2.21. The standard InChI is InChI=1S/C11H15FIN/c12-9-5-4-8-11(14-13)10-6-2-1-3-7-10/h1-3,6-7,11,14H,4-5,8-9H2. The Bertz CT molecular complexity index is 240. The van der Waals surface area contributed by atoms with Crippen LogP contribution >= 0.6 is 22.9 Å². The molecule has 0 aliphatic heterocycles. The van der Waals surface area contributed by atoms with Gasteiger partial charge in [-0.25, -0.2) is 0 Å². The SMILES string of the molecule is FCCCCC(NI)c1ccccc1. The third-order valence-corrected chi connectivity index (χ3v) is 2.96. The molecule has 78 valence electrons. The minimum Gasteiger partial charge on any atom is -0.254 e. The molecule has 1 nitrogen and oxygen atoms in total. The Balaban J connectivity index is 2.46. The molecule has 1 unspecified atom stereocenters. The van der Waals surface area contributed by atoms with Crippen LogP contribution in [0, 0.1) is 0 Å². The van der Waals surface area contributed by atoms with E-state index < -0.39 is 0 Å². The maximum Gasteiger partial charge on any atom is 0.0894 e. The first-order valence-electron chi connectivity index (χ1n) is 4.85. The fraction of sp³-hybridized carbons (Fsp3) is 0.455. The van der Waals surface area contributed by atoms with Crippen molar-refractivity contribution in [2.45, 2.75) is 25.3 Å². The third kappa shape index (κ3) is 3.92. The van der Waals surface area contributed by atoms with Crippen LogP contribution in [0.2, 0.25) is 0 Å². The molecule has 1 atom stereocenters. The Morgan fingerprint density at radius 2 is 1.93 bits per heavy atom. The summed E-state index contributed by atoms with van der Waals surface area (Å²) < 4.78 is 15.2. The molecular formula is C11H15FIN. The van der Waals surface area contributed by atoms with Crippen LogP contribution < -0.4 is 3.53 Å². The van der Waals surface area contributed by atoms with Gasteiger partial charge >= 0.3 is 0 Å². The van der Waals surface area contributed by atoms with Crippen molar-refractivity contribution in [1.29, 1.82) is 0 Å². The van der Waals surface area contributed by atoms with Crippen molar-refractivity contribution in [1.82, 2.24) is 3.53 Å². The molecule has 1 N–H and O–H groups in total. The van der Waals surface area contributed by atoms with E-state index in [2.05, 4.69) is 38.5 Å². The highest BCUT2D eigenvalue weighted by Gasteiger charge is 2.07. The zero-order valence-corrected chi connectivity index (χ0v) is 10.2. The molecule has 14 heavy (non-hydrogen) atoms. The second-order valence-electron chi connectivity index (χ2n) is 3.26. The van der Waals surface area contributed by atoms with Gasteiger partial charge in [-0.15, -0.1) is 0 Å². The van der Waals surface area contributed by atoms with Crippen LogP contribution in [0.5, 0.6) is 0 Å². The zero-order valence-electron chi connectivity index (χ0n) is 8.05. The summed E-state index contributed by atoms with van der Waals surface area (Å²) in [7, 11) is 0. The lowest BCUT2D eigenvalue weighted by atomic mass is 10.0. The molecule has 0 aliphatic rings. The molecular weight excluding hydrogens is 292 g/mol. The summed E-state index contributed by atoms with van der Waals surface area (Å²) in [5.74, 6) is 0. The summed E-state index contributed by atoms with van der Waals surface area (Å²) in [4.78, 5) is 0. The number of rotatable bonds is 6. The Morgan fingerprint density at radius 3 is 2.50 bits per heavy atom. The largest absolute Gasteiger partial charge is 0.254 e. The van der Waals surface area contributed by atoms with Gasteiger partial charge in [0.05, 0.1) is 6.67 Å². The van der Waals surface area contributed by atoms with E-state index in [9.17, 15) is 4.39 Å². The van der Waals surface area contributed by atoms with Crippen LogP contribution in [0.4, 0.5) is 4.39 Å². The topological polar surface area (TPSA) is 12.0 Å². The second-order valence-corrected chi connectivity index (χ2v) is 3.88. The van der Waals surface area contributed by atoms with Crippen LogP contribution in [-0.4, -0.2) is 6.67 Å². The van der Waals surface area contributed by atoms with Gasteiger partial charge in [-0.2, -0.15) is 0 Å². The van der Waals surface area contributed by atoms with Gasteiger partial charge in [0.25, 0.3) is 0 Å². The summed E-state index contributed by atoms with van der Waals surface area (Å²) in [5.41, 5.74) is 1.28. The van der Waals surface area contributed by atoms with Gasteiger partial charge in [-0.1, -0.05) is 30.3 Å². The van der Waals surface area contributed by atoms with E-state index in [4.69, 9.17) is 0 Å². The number of unbranched alkanes of at least 4 members (excludes halogenated alkanes) is 1. The molecule has 0 saturated heterocycles. The second kappa shape index (κ2) is 7.17. The Hall–Kier alpha value is -0.160. The highest BCUT2D eigenvalue weighted by molar-refractivity contribution is 14.1. The van der Waals surface area contributed by atoms with Gasteiger partial charge in [0.1, 0.15) is 0 Å². The van der Waals surface area contributed by atoms with Gasteiger partial charge in [-0.3, -0.25) is 7.92 Å². The van der Waals surface area contributed by atoms with E-state index in [-0.39, 0.29) is 6.67 Å². The minimum absolute atomic E-state index is 0.206. The minimum atomic E-state index is -0.206. The molecule has 0 radical (unpaired) electrons. The number of alkyl halides is 1. The molecule has 0 aliphatic carbocycles. The number of hydrogen-bond acceptors (Lipinski definition) is 1. The molecule has 0 bridgehead atoms. The number of halogens is 2. The van der Waals surface area contributed by atoms with Gasteiger partial charge in [-0.05, 0) is 24.8 Å². The Labute approximate surface area is 98.6 Å². The molecule has 1 aromatic carbocycles. The van der Waals surface area contributed by atoms with Gasteiger partial charge in [0.15, 0.2) is 0 Å². The van der Waals surface area contributed by atoms with Crippen molar-refractivity contribution in [2.24, 2.45) is 0 Å². The van der Waals surface area contributed by atoms with Crippen LogP contribution in [0.1, 0.15) is 30.9 Å². The Kier molecular flexibility index (Phi) is 6.10. The predicted molar refractivity (Wildman–Crippen MR) is 66.2 cm³/mol. The van der Waals surface area contributed by atoms with E-state index >= 15 is 0 Å². The van der Waals surface area contributed by atoms with Crippen molar-refractivity contribution in [3.05, 3.63) is 35.9 Å². The molecule has 0 heterocycles. The first kappa shape index (κ1) is 11.9. The molecule has 0 saturated carbocycles. The normalized spacial score (nSPS) is 12.7. The van der Waals surface area contributed by atoms with E-state index in [1.54, 1.807) is 0 Å². The molecule has 1 rings (SSSR count). The molecule has 1 aromatic rings. The van der Waals surface area contributed by atoms with Crippen molar-refractivity contribution in [2.75, 3.05) is 6.67 Å². The lowest BCUT2D eigenvalue weighted by Crippen LogP contribution is -2.10. The highest BCUT2D eigenvalue weighted by Crippen LogP contribution is 2.20. The summed E-state index contributed by atoms with van der Waals surface area (Å²) in [6.07, 6.45) is 2.60. The first-order valence-corrected chi connectivity index (χ1v) is 5.93. The van der Waals surface area contributed by atoms with Crippen molar-refractivity contribution in [3.63, 3.8) is 0 Å². The average molecular weight is 307 g/mol. The molecule has 3 heteroatoms. The van der Waals surface area contributed by atoms with Gasteiger partial charge in [0, 0.05) is 28.9 Å².